The highest BCUT2D eigenvalue weighted by Crippen LogP contribution is 2.15. The lowest BCUT2D eigenvalue weighted by Gasteiger charge is -1.91. The summed E-state index contributed by atoms with van der Waals surface area (Å²) in [7, 11) is 0. The average molecular weight is 196 g/mol. The summed E-state index contributed by atoms with van der Waals surface area (Å²) in [4.78, 5) is 8.06. The van der Waals surface area contributed by atoms with Crippen LogP contribution in [0.2, 0.25) is 5.02 Å². The van der Waals surface area contributed by atoms with Crippen LogP contribution in [0.25, 0.3) is 11.6 Å². The van der Waals surface area contributed by atoms with E-state index in [4.69, 9.17) is 16.1 Å². The lowest BCUT2D eigenvalue weighted by atomic mass is 10.3. The molecular weight excluding hydrogens is 190 g/mol. The molecule has 4 nitrogen and oxygen atoms in total. The predicted octanol–water partition coefficient (Wildman–Crippen LogP) is 2.09. The zero-order valence-corrected chi connectivity index (χ0v) is 7.62. The maximum atomic E-state index is 5.68. The third-order valence-corrected chi connectivity index (χ3v) is 1.70. The van der Waals surface area contributed by atoms with Crippen molar-refractivity contribution in [1.29, 1.82) is 0 Å². The van der Waals surface area contributed by atoms with Crippen LogP contribution in [0.5, 0.6) is 0 Å². The van der Waals surface area contributed by atoms with Gasteiger partial charge in [0.25, 0.3) is 5.89 Å². The summed E-state index contributed by atoms with van der Waals surface area (Å²) in [6.07, 6.45) is 1.54. The van der Waals surface area contributed by atoms with Gasteiger partial charge in [0.2, 0.25) is 0 Å². The Morgan fingerprint density at radius 1 is 1.38 bits per heavy atom. The molecule has 0 aromatic carbocycles. The number of rotatable bonds is 1. The van der Waals surface area contributed by atoms with Crippen molar-refractivity contribution in [3.05, 3.63) is 29.2 Å². The number of aromatic nitrogens is 3. The second-order valence-corrected chi connectivity index (χ2v) is 2.94. The topological polar surface area (TPSA) is 51.8 Å². The molecule has 5 heteroatoms. The standard InChI is InChI=1S/C8H6ClN3O/c1-5-11-8(13-12-5)7-3-2-6(9)4-10-7/h2-4H,1H3. The summed E-state index contributed by atoms with van der Waals surface area (Å²) in [6.45, 7) is 1.75. The van der Waals surface area contributed by atoms with E-state index in [2.05, 4.69) is 15.1 Å². The summed E-state index contributed by atoms with van der Waals surface area (Å²) in [5.41, 5.74) is 0.630. The lowest BCUT2D eigenvalue weighted by Crippen LogP contribution is -1.82. The molecule has 2 aromatic rings. The highest BCUT2D eigenvalue weighted by Gasteiger charge is 2.06. The molecule has 0 N–H and O–H groups in total. The minimum Gasteiger partial charge on any atom is -0.332 e. The summed E-state index contributed by atoms with van der Waals surface area (Å²) in [5, 5.41) is 4.24. The highest BCUT2D eigenvalue weighted by molar-refractivity contribution is 6.30. The molecule has 0 bridgehead atoms. The van der Waals surface area contributed by atoms with E-state index in [1.807, 2.05) is 0 Å². The number of hydrogen-bond acceptors (Lipinski definition) is 4. The molecule has 0 atom stereocenters. The number of pyridine rings is 1. The first-order valence-electron chi connectivity index (χ1n) is 3.68. The maximum Gasteiger partial charge on any atom is 0.276 e. The van der Waals surface area contributed by atoms with Crippen molar-refractivity contribution in [3.63, 3.8) is 0 Å². The van der Waals surface area contributed by atoms with E-state index in [1.165, 1.54) is 6.20 Å². The SMILES string of the molecule is Cc1noc(-c2ccc(Cl)cn2)n1. The lowest BCUT2D eigenvalue weighted by molar-refractivity contribution is 0.424. The van der Waals surface area contributed by atoms with Gasteiger partial charge < -0.3 is 4.52 Å². The first kappa shape index (κ1) is 8.19. The highest BCUT2D eigenvalue weighted by atomic mass is 35.5. The molecule has 0 unspecified atom stereocenters. The quantitative estimate of drug-likeness (QED) is 0.699. The van der Waals surface area contributed by atoms with Gasteiger partial charge in [-0.25, -0.2) is 4.98 Å². The van der Waals surface area contributed by atoms with E-state index < -0.39 is 0 Å². The molecule has 0 radical (unpaired) electrons. The van der Waals surface area contributed by atoms with Gasteiger partial charge in [-0.3, -0.25) is 0 Å². The Labute approximate surface area is 79.6 Å². The first-order chi connectivity index (χ1) is 6.25. The molecule has 13 heavy (non-hydrogen) atoms. The van der Waals surface area contributed by atoms with Crippen LogP contribution < -0.4 is 0 Å². The van der Waals surface area contributed by atoms with Crippen molar-refractivity contribution >= 4 is 11.6 Å². The first-order valence-corrected chi connectivity index (χ1v) is 4.06. The average Bonchev–Trinajstić information content (AvgIpc) is 2.53. The predicted molar refractivity (Wildman–Crippen MR) is 47.3 cm³/mol. The van der Waals surface area contributed by atoms with Crippen molar-refractivity contribution in [1.82, 2.24) is 15.1 Å². The Balaban J connectivity index is 2.41. The van der Waals surface area contributed by atoms with Gasteiger partial charge in [-0.05, 0) is 19.1 Å². The molecule has 0 saturated carbocycles. The third-order valence-electron chi connectivity index (χ3n) is 1.47. The number of halogens is 1. The summed E-state index contributed by atoms with van der Waals surface area (Å²) < 4.78 is 4.92. The van der Waals surface area contributed by atoms with Gasteiger partial charge >= 0.3 is 0 Å². The number of hydrogen-bond donors (Lipinski definition) is 0. The smallest absolute Gasteiger partial charge is 0.276 e. The second-order valence-electron chi connectivity index (χ2n) is 2.51. The molecule has 0 saturated heterocycles. The molecule has 0 spiro atoms. The van der Waals surface area contributed by atoms with Gasteiger partial charge in [0.1, 0.15) is 5.69 Å². The molecular formula is C8H6ClN3O. The Morgan fingerprint density at radius 2 is 2.23 bits per heavy atom. The summed E-state index contributed by atoms with van der Waals surface area (Å²) in [6, 6.07) is 3.46. The fraction of sp³-hybridized carbons (Fsp3) is 0.125. The van der Waals surface area contributed by atoms with Crippen LogP contribution >= 0.6 is 11.6 Å². The van der Waals surface area contributed by atoms with Crippen LogP contribution in [0.3, 0.4) is 0 Å². The van der Waals surface area contributed by atoms with Gasteiger partial charge in [-0.15, -0.1) is 0 Å². The maximum absolute atomic E-state index is 5.68. The third kappa shape index (κ3) is 1.67. The minimum absolute atomic E-state index is 0.411. The number of nitrogens with zero attached hydrogens (tertiary/aromatic N) is 3. The van der Waals surface area contributed by atoms with Crippen LogP contribution in [0.4, 0.5) is 0 Å². The van der Waals surface area contributed by atoms with Crippen molar-refractivity contribution < 1.29 is 4.52 Å². The Hall–Kier alpha value is -1.42. The van der Waals surface area contributed by atoms with Gasteiger partial charge in [0, 0.05) is 6.20 Å². The van der Waals surface area contributed by atoms with E-state index in [0.29, 0.717) is 22.4 Å². The van der Waals surface area contributed by atoms with Gasteiger partial charge in [0.15, 0.2) is 5.82 Å². The summed E-state index contributed by atoms with van der Waals surface area (Å²) in [5.74, 6) is 1.00. The van der Waals surface area contributed by atoms with Crippen LogP contribution in [-0.2, 0) is 0 Å². The largest absolute Gasteiger partial charge is 0.332 e. The van der Waals surface area contributed by atoms with Crippen LogP contribution in [0, 0.1) is 6.92 Å². The summed E-state index contributed by atoms with van der Waals surface area (Å²) >= 11 is 5.68. The van der Waals surface area contributed by atoms with Crippen molar-refractivity contribution in [2.45, 2.75) is 6.92 Å². The van der Waals surface area contributed by atoms with Crippen LogP contribution in [0.1, 0.15) is 5.82 Å². The van der Waals surface area contributed by atoms with Crippen LogP contribution in [-0.4, -0.2) is 15.1 Å². The Bertz CT molecular complexity index is 410. The molecule has 2 aromatic heterocycles. The van der Waals surface area contributed by atoms with Gasteiger partial charge in [0.05, 0.1) is 5.02 Å². The molecule has 0 aliphatic carbocycles. The normalized spacial score (nSPS) is 10.3. The minimum atomic E-state index is 0.411. The molecule has 0 fully saturated rings. The molecule has 0 amide bonds. The van der Waals surface area contributed by atoms with Crippen LogP contribution in [0.15, 0.2) is 22.9 Å². The van der Waals surface area contributed by atoms with Gasteiger partial charge in [-0.1, -0.05) is 16.8 Å². The Morgan fingerprint density at radius 3 is 2.77 bits per heavy atom. The molecule has 66 valence electrons. The van der Waals surface area contributed by atoms with Crippen molar-refractivity contribution in [2.75, 3.05) is 0 Å². The van der Waals surface area contributed by atoms with E-state index in [9.17, 15) is 0 Å². The van der Waals surface area contributed by atoms with Crippen molar-refractivity contribution in [2.24, 2.45) is 0 Å². The monoisotopic (exact) mass is 195 g/mol. The second kappa shape index (κ2) is 3.14. The number of aryl methyl sites for hydroxylation is 1. The van der Waals surface area contributed by atoms with Gasteiger partial charge in [-0.2, -0.15) is 4.98 Å². The zero-order valence-electron chi connectivity index (χ0n) is 6.86. The molecule has 0 aliphatic heterocycles. The molecule has 2 rings (SSSR count). The van der Waals surface area contributed by atoms with E-state index in [-0.39, 0.29) is 0 Å². The van der Waals surface area contributed by atoms with Crippen molar-refractivity contribution in [3.8, 4) is 11.6 Å². The zero-order chi connectivity index (χ0) is 9.26. The Kier molecular flexibility index (Phi) is 1.98. The molecule has 2 heterocycles. The van der Waals surface area contributed by atoms with E-state index in [1.54, 1.807) is 19.1 Å². The fourth-order valence-electron chi connectivity index (χ4n) is 0.903. The fourth-order valence-corrected chi connectivity index (χ4v) is 1.02. The van der Waals surface area contributed by atoms with E-state index in [0.717, 1.165) is 0 Å². The van der Waals surface area contributed by atoms with E-state index >= 15 is 0 Å². The molecule has 0 aliphatic rings.